The van der Waals surface area contributed by atoms with E-state index in [0.29, 0.717) is 0 Å². The molecule has 0 saturated carbocycles. The van der Waals surface area contributed by atoms with Crippen molar-refractivity contribution >= 4 is 13.6 Å². The van der Waals surface area contributed by atoms with Crippen LogP contribution >= 0.6 is 13.6 Å². The molecule has 4 heteroatoms. The fourth-order valence-corrected chi connectivity index (χ4v) is 1.01. The van der Waals surface area contributed by atoms with E-state index in [1.807, 2.05) is 12.1 Å². The van der Waals surface area contributed by atoms with Gasteiger partial charge in [0.15, 0.2) is 0 Å². The van der Waals surface area contributed by atoms with Gasteiger partial charge in [-0.15, -0.1) is 12.1 Å². The van der Waals surface area contributed by atoms with E-state index < -0.39 is 0 Å². The second kappa shape index (κ2) is 10.4. The molecule has 0 aromatic heterocycles. The summed E-state index contributed by atoms with van der Waals surface area (Å²) in [5.41, 5.74) is 0. The molecular weight excluding hydrogens is 309 g/mol. The molecule has 0 aliphatic rings. The molecule has 0 radical (unpaired) electrons. The Kier molecular flexibility index (Phi) is 10.4. The summed E-state index contributed by atoms with van der Waals surface area (Å²) in [6.07, 6.45) is 2.21. The molecule has 0 aliphatic carbocycles. The summed E-state index contributed by atoms with van der Waals surface area (Å²) >= 11 is 4.25. The summed E-state index contributed by atoms with van der Waals surface area (Å²) in [6.45, 7) is 2.89. The zero-order valence-corrected chi connectivity index (χ0v) is 13.8. The summed E-state index contributed by atoms with van der Waals surface area (Å²) in [6, 6.07) is 8.41. The number of halogens is 1. The van der Waals surface area contributed by atoms with Crippen LogP contribution in [0, 0.1) is 6.07 Å². The molecule has 0 amide bonds. The van der Waals surface area contributed by atoms with E-state index in [1.165, 1.54) is 16.3 Å². The molecule has 1 aromatic carbocycles. The SMILES string of the molecule is CCCCOc1cc[c-]cc1OC.[Zn+][Br]. The number of unbranched alkanes of at least 4 members (excludes halogenated alkanes) is 1. The topological polar surface area (TPSA) is 18.5 Å². The Bertz CT molecular complexity index is 256. The normalized spacial score (nSPS) is 8.87. The van der Waals surface area contributed by atoms with Gasteiger partial charge in [0.25, 0.3) is 0 Å². The summed E-state index contributed by atoms with van der Waals surface area (Å²) in [5, 5.41) is 0. The molecular formula is C11H15BrO2Zn. The Balaban J connectivity index is 0.000000921. The van der Waals surface area contributed by atoms with Crippen molar-refractivity contribution in [2.45, 2.75) is 19.8 Å². The van der Waals surface area contributed by atoms with Gasteiger partial charge in [-0.25, -0.2) is 0 Å². The third-order valence-electron chi connectivity index (χ3n) is 1.76. The van der Waals surface area contributed by atoms with Crippen molar-refractivity contribution in [1.29, 1.82) is 0 Å². The molecule has 80 valence electrons. The summed E-state index contributed by atoms with van der Waals surface area (Å²) in [4.78, 5) is 0. The third kappa shape index (κ3) is 6.16. The average Bonchev–Trinajstić information content (AvgIpc) is 2.33. The quantitative estimate of drug-likeness (QED) is 0.469. The summed E-state index contributed by atoms with van der Waals surface area (Å²) < 4.78 is 10.6. The molecule has 0 fully saturated rings. The molecule has 0 bridgehead atoms. The Hall–Kier alpha value is -0.0766. The molecule has 0 heterocycles. The maximum absolute atomic E-state index is 5.52. The number of ether oxygens (including phenoxy) is 2. The average molecular weight is 325 g/mol. The van der Waals surface area contributed by atoms with Gasteiger partial charge in [-0.3, -0.25) is 0 Å². The molecule has 1 aromatic rings. The summed E-state index contributed by atoms with van der Waals surface area (Å²) in [7, 11) is 1.63. The second-order valence-electron chi connectivity index (χ2n) is 2.78. The minimum absolute atomic E-state index is 0.747. The molecule has 0 aliphatic heterocycles. The molecule has 0 unspecified atom stereocenters. The molecule has 0 atom stereocenters. The van der Waals surface area contributed by atoms with Crippen molar-refractivity contribution in [1.82, 2.24) is 0 Å². The van der Waals surface area contributed by atoms with E-state index in [4.69, 9.17) is 9.47 Å². The van der Waals surface area contributed by atoms with Crippen LogP contribution in [0.15, 0.2) is 18.2 Å². The van der Waals surface area contributed by atoms with E-state index in [-0.39, 0.29) is 0 Å². The maximum atomic E-state index is 5.52. The Morgan fingerprint density at radius 2 is 2.13 bits per heavy atom. The van der Waals surface area contributed by atoms with E-state index in [1.54, 1.807) is 13.2 Å². The zero-order chi connectivity index (χ0) is 11.5. The fraction of sp³-hybridized carbons (Fsp3) is 0.455. The number of hydrogen-bond donors (Lipinski definition) is 0. The van der Waals surface area contributed by atoms with Crippen molar-refractivity contribution in [2.24, 2.45) is 0 Å². The van der Waals surface area contributed by atoms with Crippen LogP contribution in [0.4, 0.5) is 0 Å². The molecule has 0 N–H and O–H groups in total. The van der Waals surface area contributed by atoms with Crippen LogP contribution in [0.25, 0.3) is 0 Å². The van der Waals surface area contributed by atoms with Gasteiger partial charge < -0.3 is 9.47 Å². The van der Waals surface area contributed by atoms with E-state index in [0.717, 1.165) is 30.9 Å². The Labute approximate surface area is 108 Å². The van der Waals surface area contributed by atoms with Gasteiger partial charge in [0, 0.05) is 5.75 Å². The first-order valence-electron chi connectivity index (χ1n) is 4.82. The van der Waals surface area contributed by atoms with Gasteiger partial charge in [0.05, 0.1) is 19.5 Å². The molecule has 0 spiro atoms. The number of methoxy groups -OCH3 is 1. The Morgan fingerprint density at radius 1 is 1.40 bits per heavy atom. The van der Waals surface area contributed by atoms with Crippen molar-refractivity contribution in [3.05, 3.63) is 24.3 Å². The Morgan fingerprint density at radius 3 is 2.73 bits per heavy atom. The van der Waals surface area contributed by atoms with E-state index in [9.17, 15) is 0 Å². The van der Waals surface area contributed by atoms with Crippen LogP contribution in [-0.4, -0.2) is 13.7 Å². The van der Waals surface area contributed by atoms with Crippen LogP contribution < -0.4 is 9.47 Å². The van der Waals surface area contributed by atoms with Gasteiger partial charge in [-0.2, -0.15) is 12.1 Å². The van der Waals surface area contributed by atoms with Crippen LogP contribution in [0.2, 0.25) is 0 Å². The van der Waals surface area contributed by atoms with Crippen molar-refractivity contribution in [3.63, 3.8) is 0 Å². The van der Waals surface area contributed by atoms with Gasteiger partial charge in [-0.1, -0.05) is 13.3 Å². The van der Waals surface area contributed by atoms with Gasteiger partial charge in [-0.05, 0) is 6.42 Å². The van der Waals surface area contributed by atoms with Gasteiger partial charge >= 0.3 is 30.0 Å². The van der Waals surface area contributed by atoms with Crippen LogP contribution in [0.1, 0.15) is 19.8 Å². The number of hydrogen-bond acceptors (Lipinski definition) is 2. The second-order valence-corrected chi connectivity index (χ2v) is 2.78. The first-order chi connectivity index (χ1) is 7.38. The fourth-order valence-electron chi connectivity index (χ4n) is 1.01. The summed E-state index contributed by atoms with van der Waals surface area (Å²) in [5.74, 6) is 1.55. The molecule has 1 rings (SSSR count). The van der Waals surface area contributed by atoms with Crippen molar-refractivity contribution in [2.75, 3.05) is 13.7 Å². The molecule has 15 heavy (non-hydrogen) atoms. The third-order valence-corrected chi connectivity index (χ3v) is 1.76. The first kappa shape index (κ1) is 14.9. The molecule has 0 saturated heterocycles. The van der Waals surface area contributed by atoms with E-state index >= 15 is 0 Å². The standard InChI is InChI=1S/C11H15O2.BrH.Zn/c1-3-4-9-13-11-8-6-5-7-10(11)12-2;;/h6-8H,3-4,9H2,1-2H3;1H;/q-1;;+2/p-1. The zero-order valence-electron chi connectivity index (χ0n) is 9.25. The van der Waals surface area contributed by atoms with Crippen LogP contribution in [0.3, 0.4) is 0 Å². The van der Waals surface area contributed by atoms with E-state index in [2.05, 4.69) is 26.6 Å². The first-order valence-corrected chi connectivity index (χ1v) is 11.8. The molecule has 2 nitrogen and oxygen atoms in total. The van der Waals surface area contributed by atoms with Crippen LogP contribution in [-0.2, 0) is 16.3 Å². The van der Waals surface area contributed by atoms with Gasteiger partial charge in [0.1, 0.15) is 0 Å². The predicted molar refractivity (Wildman–Crippen MR) is 61.2 cm³/mol. The minimum atomic E-state index is 0.747. The van der Waals surface area contributed by atoms with Crippen molar-refractivity contribution in [3.8, 4) is 11.5 Å². The van der Waals surface area contributed by atoms with Crippen molar-refractivity contribution < 1.29 is 25.8 Å². The monoisotopic (exact) mass is 322 g/mol. The van der Waals surface area contributed by atoms with Gasteiger partial charge in [0.2, 0.25) is 0 Å². The number of rotatable bonds is 5. The van der Waals surface area contributed by atoms with Crippen LogP contribution in [0.5, 0.6) is 11.5 Å². The predicted octanol–water partition coefficient (Wildman–Crippen LogP) is 3.52. The number of benzene rings is 1.